The van der Waals surface area contributed by atoms with Crippen molar-refractivity contribution in [1.82, 2.24) is 10.3 Å². The largest absolute Gasteiger partial charge is 0.351 e. The van der Waals surface area contributed by atoms with Crippen molar-refractivity contribution in [2.24, 2.45) is 5.10 Å². The Morgan fingerprint density at radius 3 is 2.46 bits per heavy atom. The summed E-state index contributed by atoms with van der Waals surface area (Å²) in [6, 6.07) is 8.29. The molecule has 1 aliphatic heterocycles. The number of amides is 2. The fourth-order valence-electron chi connectivity index (χ4n) is 2.60. The first-order chi connectivity index (χ1) is 11.3. The molecule has 0 saturated heterocycles. The molecule has 0 aliphatic carbocycles. The molecule has 0 bridgehead atoms. The highest BCUT2D eigenvalue weighted by Crippen LogP contribution is 2.16. The Hall–Kier alpha value is -2.17. The normalized spacial score (nSPS) is 15.2. The lowest BCUT2D eigenvalue weighted by Gasteiger charge is -2.25. The molecule has 0 spiro atoms. The zero-order valence-corrected chi connectivity index (χ0v) is 15.1. The Bertz CT molecular complexity index is 627. The number of benzene rings is 1. The van der Waals surface area contributed by atoms with Crippen LogP contribution >= 0.6 is 0 Å². The second-order valence-electron chi connectivity index (χ2n) is 7.16. The number of nitrogens with zero attached hydrogens (tertiary/aromatic N) is 2. The zero-order chi connectivity index (χ0) is 17.7. The number of aryl methyl sites for hydroxylation is 1. The molecule has 1 heterocycles. The summed E-state index contributed by atoms with van der Waals surface area (Å²) >= 11 is 0. The van der Waals surface area contributed by atoms with E-state index in [4.69, 9.17) is 0 Å². The van der Waals surface area contributed by atoms with Crippen LogP contribution in [0.25, 0.3) is 0 Å². The van der Waals surface area contributed by atoms with Gasteiger partial charge in [-0.1, -0.05) is 31.2 Å². The SMILES string of the molecule is CCc1ccc(C2=NN(CCC(=O)NC(C)(C)C)C(=O)CC2)cc1. The van der Waals surface area contributed by atoms with Crippen LogP contribution in [-0.2, 0) is 16.0 Å². The topological polar surface area (TPSA) is 61.8 Å². The van der Waals surface area contributed by atoms with E-state index in [1.54, 1.807) is 0 Å². The van der Waals surface area contributed by atoms with Crippen molar-refractivity contribution in [2.75, 3.05) is 6.54 Å². The first-order valence-electron chi connectivity index (χ1n) is 8.56. The molecule has 1 aliphatic rings. The lowest BCUT2D eigenvalue weighted by atomic mass is 10.0. The Morgan fingerprint density at radius 1 is 1.21 bits per heavy atom. The maximum Gasteiger partial charge on any atom is 0.243 e. The summed E-state index contributed by atoms with van der Waals surface area (Å²) < 4.78 is 0. The van der Waals surface area contributed by atoms with Gasteiger partial charge in [0.05, 0.1) is 12.3 Å². The monoisotopic (exact) mass is 329 g/mol. The van der Waals surface area contributed by atoms with Crippen LogP contribution in [0.1, 0.15) is 58.1 Å². The van der Waals surface area contributed by atoms with Crippen LogP contribution in [0.3, 0.4) is 0 Å². The first kappa shape index (κ1) is 18.2. The third-order valence-corrected chi connectivity index (χ3v) is 3.87. The van der Waals surface area contributed by atoms with Gasteiger partial charge >= 0.3 is 0 Å². The summed E-state index contributed by atoms with van der Waals surface area (Å²) in [5.41, 5.74) is 2.97. The molecule has 5 heteroatoms. The minimum Gasteiger partial charge on any atom is -0.351 e. The van der Waals surface area contributed by atoms with E-state index in [2.05, 4.69) is 41.6 Å². The van der Waals surface area contributed by atoms with Gasteiger partial charge < -0.3 is 5.32 Å². The standard InChI is InChI=1S/C19H27N3O2/c1-5-14-6-8-15(9-7-14)16-10-11-18(24)22(21-16)13-12-17(23)20-19(2,3)4/h6-9H,5,10-13H2,1-4H3,(H,20,23). The van der Waals surface area contributed by atoms with Gasteiger partial charge in [0.1, 0.15) is 0 Å². The van der Waals surface area contributed by atoms with Gasteiger partial charge in [-0.05, 0) is 38.3 Å². The van der Waals surface area contributed by atoms with Crippen molar-refractivity contribution in [3.05, 3.63) is 35.4 Å². The van der Waals surface area contributed by atoms with Crippen LogP contribution < -0.4 is 5.32 Å². The number of rotatable bonds is 5. The van der Waals surface area contributed by atoms with E-state index in [-0.39, 0.29) is 23.8 Å². The van der Waals surface area contributed by atoms with Crippen molar-refractivity contribution in [1.29, 1.82) is 0 Å². The van der Waals surface area contributed by atoms with E-state index >= 15 is 0 Å². The molecule has 5 nitrogen and oxygen atoms in total. The summed E-state index contributed by atoms with van der Waals surface area (Å²) in [6.45, 7) is 8.25. The summed E-state index contributed by atoms with van der Waals surface area (Å²) in [6.07, 6.45) is 2.35. The molecular formula is C19H27N3O2. The van der Waals surface area contributed by atoms with Crippen LogP contribution in [-0.4, -0.2) is 34.6 Å². The van der Waals surface area contributed by atoms with Gasteiger partial charge in [0.15, 0.2) is 0 Å². The molecule has 1 N–H and O–H groups in total. The Labute approximate surface area is 144 Å². The second kappa shape index (κ2) is 7.60. The fraction of sp³-hybridized carbons (Fsp3) is 0.526. The predicted octanol–water partition coefficient (Wildman–Crippen LogP) is 2.88. The summed E-state index contributed by atoms with van der Waals surface area (Å²) in [7, 11) is 0. The molecular weight excluding hydrogens is 302 g/mol. The van der Waals surface area contributed by atoms with E-state index in [9.17, 15) is 9.59 Å². The molecule has 130 valence electrons. The van der Waals surface area contributed by atoms with Gasteiger partial charge in [-0.2, -0.15) is 5.10 Å². The molecule has 0 saturated carbocycles. The molecule has 0 aromatic heterocycles. The summed E-state index contributed by atoms with van der Waals surface area (Å²) in [5, 5.41) is 8.82. The molecule has 0 unspecified atom stereocenters. The minimum atomic E-state index is -0.265. The van der Waals surface area contributed by atoms with E-state index in [0.717, 1.165) is 17.7 Å². The van der Waals surface area contributed by atoms with Crippen LogP contribution in [0, 0.1) is 0 Å². The smallest absolute Gasteiger partial charge is 0.243 e. The van der Waals surface area contributed by atoms with Gasteiger partial charge in [-0.25, -0.2) is 5.01 Å². The zero-order valence-electron chi connectivity index (χ0n) is 15.1. The number of hydrogen-bond donors (Lipinski definition) is 1. The van der Waals surface area contributed by atoms with Crippen molar-refractivity contribution >= 4 is 17.5 Å². The van der Waals surface area contributed by atoms with Crippen LogP contribution in [0.5, 0.6) is 0 Å². The minimum absolute atomic E-state index is 0.0208. The fourth-order valence-corrected chi connectivity index (χ4v) is 2.60. The van der Waals surface area contributed by atoms with Crippen LogP contribution in [0.4, 0.5) is 0 Å². The van der Waals surface area contributed by atoms with Crippen LogP contribution in [0.2, 0.25) is 0 Å². The van der Waals surface area contributed by atoms with E-state index in [1.807, 2.05) is 20.8 Å². The van der Waals surface area contributed by atoms with E-state index in [1.165, 1.54) is 10.6 Å². The number of hydrazone groups is 1. The molecule has 1 aromatic carbocycles. The van der Waals surface area contributed by atoms with E-state index < -0.39 is 0 Å². The third-order valence-electron chi connectivity index (χ3n) is 3.87. The number of carbonyl (C=O) groups is 2. The first-order valence-corrected chi connectivity index (χ1v) is 8.56. The lowest BCUT2D eigenvalue weighted by molar-refractivity contribution is -0.132. The average Bonchev–Trinajstić information content (AvgIpc) is 2.52. The number of nitrogens with one attached hydrogen (secondary N) is 1. The average molecular weight is 329 g/mol. The van der Waals surface area contributed by atoms with Crippen molar-refractivity contribution in [3.63, 3.8) is 0 Å². The number of carbonyl (C=O) groups excluding carboxylic acids is 2. The summed E-state index contributed by atoms with van der Waals surface area (Å²) in [5.74, 6) is -0.0857. The maximum absolute atomic E-state index is 12.1. The highest BCUT2D eigenvalue weighted by atomic mass is 16.2. The van der Waals surface area contributed by atoms with Gasteiger partial charge in [0, 0.05) is 24.8 Å². The predicted molar refractivity (Wildman–Crippen MR) is 95.8 cm³/mol. The highest BCUT2D eigenvalue weighted by molar-refractivity contribution is 6.04. The van der Waals surface area contributed by atoms with E-state index in [0.29, 0.717) is 19.4 Å². The molecule has 24 heavy (non-hydrogen) atoms. The summed E-state index contributed by atoms with van der Waals surface area (Å²) in [4.78, 5) is 24.0. The number of hydrogen-bond acceptors (Lipinski definition) is 3. The molecule has 2 amide bonds. The molecule has 0 atom stereocenters. The van der Waals surface area contributed by atoms with Crippen molar-refractivity contribution < 1.29 is 9.59 Å². The Kier molecular flexibility index (Phi) is 5.75. The quantitative estimate of drug-likeness (QED) is 0.903. The van der Waals surface area contributed by atoms with Gasteiger partial charge in [-0.15, -0.1) is 0 Å². The molecule has 2 rings (SSSR count). The second-order valence-corrected chi connectivity index (χ2v) is 7.16. The van der Waals surface area contributed by atoms with Crippen LogP contribution in [0.15, 0.2) is 29.4 Å². The third kappa shape index (κ3) is 5.18. The maximum atomic E-state index is 12.1. The molecule has 0 fully saturated rings. The molecule has 0 radical (unpaired) electrons. The van der Waals surface area contributed by atoms with Crippen molar-refractivity contribution in [3.8, 4) is 0 Å². The van der Waals surface area contributed by atoms with Gasteiger partial charge in [-0.3, -0.25) is 9.59 Å². The van der Waals surface area contributed by atoms with Crippen molar-refractivity contribution in [2.45, 2.75) is 58.9 Å². The van der Waals surface area contributed by atoms with Gasteiger partial charge in [0.2, 0.25) is 11.8 Å². The molecule has 1 aromatic rings. The lowest BCUT2D eigenvalue weighted by Crippen LogP contribution is -2.42. The Morgan fingerprint density at radius 2 is 1.88 bits per heavy atom. The highest BCUT2D eigenvalue weighted by Gasteiger charge is 2.22. The van der Waals surface area contributed by atoms with Gasteiger partial charge in [0.25, 0.3) is 0 Å². The Balaban J connectivity index is 2.03.